The molecule has 0 radical (unpaired) electrons. The Hall–Kier alpha value is -0.450. The Morgan fingerprint density at radius 2 is 2.12 bits per heavy atom. The molecule has 90 valence electrons. The molecular weight excluding hydrogens is 218 g/mol. The van der Waals surface area contributed by atoms with Crippen LogP contribution in [0.25, 0.3) is 0 Å². The number of hydrogen-bond acceptors (Lipinski definition) is 4. The highest BCUT2D eigenvalue weighted by Gasteiger charge is 2.12. The van der Waals surface area contributed by atoms with Crippen molar-refractivity contribution in [2.75, 3.05) is 19.6 Å². The van der Waals surface area contributed by atoms with Gasteiger partial charge in [0.15, 0.2) is 0 Å². The fraction of sp³-hybridized carbons (Fsp3) is 0.750. The van der Waals surface area contributed by atoms with Gasteiger partial charge in [-0.05, 0) is 12.8 Å². The van der Waals surface area contributed by atoms with Gasteiger partial charge >= 0.3 is 0 Å². The molecule has 16 heavy (non-hydrogen) atoms. The maximum absolute atomic E-state index is 4.26. The van der Waals surface area contributed by atoms with Crippen LogP contribution in [0.3, 0.4) is 0 Å². The Morgan fingerprint density at radius 1 is 1.25 bits per heavy atom. The third-order valence-electron chi connectivity index (χ3n) is 3.09. The smallest absolute Gasteiger partial charge is 0.0937 e. The minimum atomic E-state index is 0.792. The van der Waals surface area contributed by atoms with E-state index in [9.17, 15) is 0 Å². The molecule has 0 bridgehead atoms. The highest BCUT2D eigenvalue weighted by Crippen LogP contribution is 2.16. The monoisotopic (exact) mass is 239 g/mol. The lowest BCUT2D eigenvalue weighted by molar-refractivity contribution is 0.510. The van der Waals surface area contributed by atoms with Gasteiger partial charge in [-0.25, -0.2) is 4.98 Å². The predicted octanol–water partition coefficient (Wildman–Crippen LogP) is 1.81. The van der Waals surface area contributed by atoms with E-state index in [1.54, 1.807) is 11.3 Å². The van der Waals surface area contributed by atoms with E-state index in [1.807, 2.05) is 11.6 Å². The van der Waals surface area contributed by atoms with Crippen LogP contribution in [0, 0.1) is 0 Å². The zero-order valence-electron chi connectivity index (χ0n) is 9.74. The quantitative estimate of drug-likeness (QED) is 0.713. The van der Waals surface area contributed by atoms with Gasteiger partial charge in [-0.15, -0.1) is 11.3 Å². The molecule has 0 unspecified atom stereocenters. The van der Waals surface area contributed by atoms with Crippen LogP contribution in [0.1, 0.15) is 30.7 Å². The van der Waals surface area contributed by atoms with E-state index in [0.717, 1.165) is 32.1 Å². The summed E-state index contributed by atoms with van der Waals surface area (Å²) < 4.78 is 0. The summed E-state index contributed by atoms with van der Waals surface area (Å²) in [6, 6.07) is 0.792. The van der Waals surface area contributed by atoms with Crippen molar-refractivity contribution in [1.82, 2.24) is 15.6 Å². The topological polar surface area (TPSA) is 37.0 Å². The number of nitrogens with one attached hydrogen (secondary N) is 2. The lowest BCUT2D eigenvalue weighted by atomic mass is 10.2. The highest BCUT2D eigenvalue weighted by molar-refractivity contribution is 7.09. The molecule has 0 amide bonds. The van der Waals surface area contributed by atoms with E-state index in [0.29, 0.717) is 0 Å². The van der Waals surface area contributed by atoms with Gasteiger partial charge < -0.3 is 10.6 Å². The van der Waals surface area contributed by atoms with Gasteiger partial charge in [0.05, 0.1) is 5.01 Å². The highest BCUT2D eigenvalue weighted by atomic mass is 32.1. The Morgan fingerprint density at radius 3 is 2.88 bits per heavy atom. The van der Waals surface area contributed by atoms with Crippen molar-refractivity contribution in [3.8, 4) is 0 Å². The van der Waals surface area contributed by atoms with Crippen molar-refractivity contribution < 1.29 is 0 Å². The molecule has 3 nitrogen and oxygen atoms in total. The average molecular weight is 239 g/mol. The van der Waals surface area contributed by atoms with E-state index in [1.165, 1.54) is 30.7 Å². The Bertz CT molecular complexity index is 268. The summed E-state index contributed by atoms with van der Waals surface area (Å²) >= 11 is 1.74. The van der Waals surface area contributed by atoms with Gasteiger partial charge in [-0.3, -0.25) is 0 Å². The van der Waals surface area contributed by atoms with Gasteiger partial charge in [0, 0.05) is 43.7 Å². The fourth-order valence-corrected chi connectivity index (χ4v) is 2.81. The molecule has 0 aromatic carbocycles. The molecule has 1 aliphatic carbocycles. The van der Waals surface area contributed by atoms with Crippen molar-refractivity contribution in [2.24, 2.45) is 0 Å². The van der Waals surface area contributed by atoms with Crippen LogP contribution in [-0.4, -0.2) is 30.7 Å². The van der Waals surface area contributed by atoms with Crippen LogP contribution in [0.2, 0.25) is 0 Å². The van der Waals surface area contributed by atoms with Crippen molar-refractivity contribution in [2.45, 2.75) is 38.1 Å². The maximum atomic E-state index is 4.26. The first-order valence-electron chi connectivity index (χ1n) is 6.27. The number of nitrogens with zero attached hydrogens (tertiary/aromatic N) is 1. The van der Waals surface area contributed by atoms with E-state index in [-0.39, 0.29) is 0 Å². The first-order chi connectivity index (χ1) is 7.95. The van der Waals surface area contributed by atoms with Crippen molar-refractivity contribution >= 4 is 11.3 Å². The normalized spacial score (nSPS) is 17.0. The molecule has 1 aromatic heterocycles. The van der Waals surface area contributed by atoms with Gasteiger partial charge in [0.25, 0.3) is 0 Å². The molecule has 0 spiro atoms. The third kappa shape index (κ3) is 4.20. The summed E-state index contributed by atoms with van der Waals surface area (Å²) in [6.07, 6.45) is 8.51. The predicted molar refractivity (Wildman–Crippen MR) is 68.9 cm³/mol. The molecule has 1 aromatic rings. The zero-order valence-corrected chi connectivity index (χ0v) is 10.6. The molecular formula is C12H21N3S. The van der Waals surface area contributed by atoms with Gasteiger partial charge in [0.2, 0.25) is 0 Å². The minimum Gasteiger partial charge on any atom is -0.315 e. The number of hydrogen-bond donors (Lipinski definition) is 2. The molecule has 1 fully saturated rings. The number of aromatic nitrogens is 1. The first-order valence-corrected chi connectivity index (χ1v) is 7.15. The summed E-state index contributed by atoms with van der Waals surface area (Å²) in [5.41, 5.74) is 0. The molecule has 0 atom stereocenters. The molecule has 0 saturated heterocycles. The lowest BCUT2D eigenvalue weighted by Gasteiger charge is -2.11. The SMILES string of the molecule is c1csc(CCNCCNC2CCCC2)n1. The molecule has 1 aliphatic rings. The molecule has 0 aliphatic heterocycles. The fourth-order valence-electron chi connectivity index (χ4n) is 2.19. The summed E-state index contributed by atoms with van der Waals surface area (Å²) in [6.45, 7) is 3.21. The van der Waals surface area contributed by atoms with Crippen LogP contribution < -0.4 is 10.6 Å². The molecule has 2 N–H and O–H groups in total. The van der Waals surface area contributed by atoms with Crippen LogP contribution in [0.5, 0.6) is 0 Å². The van der Waals surface area contributed by atoms with E-state index < -0.39 is 0 Å². The van der Waals surface area contributed by atoms with Crippen LogP contribution in [-0.2, 0) is 6.42 Å². The van der Waals surface area contributed by atoms with Gasteiger partial charge in [0.1, 0.15) is 0 Å². The number of thiazole rings is 1. The van der Waals surface area contributed by atoms with Crippen molar-refractivity contribution in [3.05, 3.63) is 16.6 Å². The summed E-state index contributed by atoms with van der Waals surface area (Å²) in [7, 11) is 0. The standard InChI is InChI=1S/C12H21N3S/c1-2-4-11(3-1)14-8-7-13-6-5-12-15-9-10-16-12/h9-11,13-14H,1-8H2. The summed E-state index contributed by atoms with van der Waals surface area (Å²) in [4.78, 5) is 4.26. The van der Waals surface area contributed by atoms with Gasteiger partial charge in [-0.1, -0.05) is 12.8 Å². The van der Waals surface area contributed by atoms with E-state index >= 15 is 0 Å². The second-order valence-corrected chi connectivity index (χ2v) is 5.34. The third-order valence-corrected chi connectivity index (χ3v) is 3.93. The second-order valence-electron chi connectivity index (χ2n) is 4.36. The molecule has 1 heterocycles. The van der Waals surface area contributed by atoms with Crippen LogP contribution >= 0.6 is 11.3 Å². The Labute approximate surface area is 102 Å². The van der Waals surface area contributed by atoms with Crippen molar-refractivity contribution in [1.29, 1.82) is 0 Å². The largest absolute Gasteiger partial charge is 0.315 e. The van der Waals surface area contributed by atoms with Crippen LogP contribution in [0.4, 0.5) is 0 Å². The molecule has 4 heteroatoms. The summed E-state index contributed by atoms with van der Waals surface area (Å²) in [5.74, 6) is 0. The van der Waals surface area contributed by atoms with Crippen molar-refractivity contribution in [3.63, 3.8) is 0 Å². The van der Waals surface area contributed by atoms with E-state index in [2.05, 4.69) is 15.6 Å². The average Bonchev–Trinajstić information content (AvgIpc) is 2.96. The first kappa shape index (κ1) is 12.0. The Kier molecular flexibility index (Phi) is 5.25. The molecule has 1 saturated carbocycles. The molecule has 2 rings (SSSR count). The summed E-state index contributed by atoms with van der Waals surface area (Å²) in [5, 5.41) is 10.3. The van der Waals surface area contributed by atoms with Gasteiger partial charge in [-0.2, -0.15) is 0 Å². The van der Waals surface area contributed by atoms with E-state index in [4.69, 9.17) is 0 Å². The number of rotatable bonds is 7. The lowest BCUT2D eigenvalue weighted by Crippen LogP contribution is -2.34. The second kappa shape index (κ2) is 6.99. The minimum absolute atomic E-state index is 0.792. The van der Waals surface area contributed by atoms with Crippen LogP contribution in [0.15, 0.2) is 11.6 Å². The zero-order chi connectivity index (χ0) is 11.1. The Balaban J connectivity index is 1.43. The maximum Gasteiger partial charge on any atom is 0.0937 e.